The van der Waals surface area contributed by atoms with Gasteiger partial charge in [0.2, 0.25) is 0 Å². The number of pyridine rings is 1. The molecule has 8 heteroatoms. The van der Waals surface area contributed by atoms with Gasteiger partial charge in [-0.1, -0.05) is 29.3 Å². The number of hydrogen-bond donors (Lipinski definition) is 3. The molecule has 1 aromatic carbocycles. The number of carbonyl (C=O) groups excluding carboxylic acids is 2. The van der Waals surface area contributed by atoms with E-state index in [0.29, 0.717) is 55.7 Å². The number of rotatable bonds is 7. The third-order valence-electron chi connectivity index (χ3n) is 7.22. The maximum absolute atomic E-state index is 13.7. The Bertz CT molecular complexity index is 1610. The molecule has 0 aliphatic heterocycles. The average Bonchev–Trinajstić information content (AvgIpc) is 3.48. The van der Waals surface area contributed by atoms with Gasteiger partial charge in [0, 0.05) is 23.2 Å². The number of hydrogen-bond acceptors (Lipinski definition) is 6. The van der Waals surface area contributed by atoms with Gasteiger partial charge in [-0.25, -0.2) is 4.98 Å². The van der Waals surface area contributed by atoms with Crippen LogP contribution in [0.2, 0.25) is 0 Å². The van der Waals surface area contributed by atoms with Crippen LogP contribution < -0.4 is 16.4 Å². The molecule has 2 amide bonds. The Morgan fingerprint density at radius 3 is 2.59 bits per heavy atom. The molecular weight excluding hydrogens is 508 g/mol. The minimum absolute atomic E-state index is 0.229. The van der Waals surface area contributed by atoms with Crippen LogP contribution in [0.3, 0.4) is 0 Å². The van der Waals surface area contributed by atoms with Crippen LogP contribution >= 0.6 is 11.3 Å². The molecule has 0 atom stereocenters. The van der Waals surface area contributed by atoms with Crippen LogP contribution in [0.4, 0.5) is 11.4 Å². The second-order valence-corrected chi connectivity index (χ2v) is 11.3. The van der Waals surface area contributed by atoms with Gasteiger partial charge in [0.15, 0.2) is 0 Å². The Balaban J connectivity index is 1.54. The summed E-state index contributed by atoms with van der Waals surface area (Å²) in [5.41, 5.74) is 12.6. The number of fused-ring (bicyclic) bond motifs is 1. The van der Waals surface area contributed by atoms with E-state index < -0.39 is 0 Å². The summed E-state index contributed by atoms with van der Waals surface area (Å²) >= 11 is 1.24. The molecule has 7 nitrogen and oxygen atoms in total. The molecule has 0 fully saturated rings. The molecule has 4 N–H and O–H groups in total. The topological polar surface area (TPSA) is 110 Å². The quantitative estimate of drug-likeness (QED) is 0.213. The third kappa shape index (κ3) is 5.47. The Morgan fingerprint density at radius 2 is 1.90 bits per heavy atom. The largest absolute Gasteiger partial charge is 0.461 e. The van der Waals surface area contributed by atoms with Crippen LogP contribution in [0.15, 0.2) is 46.4 Å². The predicted octanol–water partition coefficient (Wildman–Crippen LogP) is 7.24. The van der Waals surface area contributed by atoms with Crippen LogP contribution in [-0.2, 0) is 0 Å². The van der Waals surface area contributed by atoms with Crippen LogP contribution in [0, 0.1) is 27.7 Å². The maximum Gasteiger partial charge on any atom is 0.263 e. The number of nitrogens with one attached hydrogen (secondary N) is 2. The molecule has 202 valence electrons. The van der Waals surface area contributed by atoms with Gasteiger partial charge in [0.05, 0.1) is 16.9 Å². The predicted molar refractivity (Wildman–Crippen MR) is 159 cm³/mol. The first-order valence-corrected chi connectivity index (χ1v) is 14.2. The lowest BCUT2D eigenvalue weighted by atomic mass is 9.97. The van der Waals surface area contributed by atoms with E-state index in [4.69, 9.17) is 15.1 Å². The van der Waals surface area contributed by atoms with E-state index >= 15 is 0 Å². The molecule has 1 aliphatic rings. The van der Waals surface area contributed by atoms with E-state index in [0.717, 1.165) is 36.1 Å². The molecule has 0 radical (unpaired) electrons. The van der Waals surface area contributed by atoms with E-state index in [1.165, 1.54) is 29.8 Å². The maximum atomic E-state index is 13.7. The van der Waals surface area contributed by atoms with Crippen molar-refractivity contribution in [1.82, 2.24) is 10.3 Å². The Kier molecular flexibility index (Phi) is 7.57. The van der Waals surface area contributed by atoms with Gasteiger partial charge in [-0.15, -0.1) is 11.3 Å². The smallest absolute Gasteiger partial charge is 0.263 e. The molecular formula is C31H34N4O3S. The highest BCUT2D eigenvalue weighted by atomic mass is 32.1. The van der Waals surface area contributed by atoms with E-state index in [1.54, 1.807) is 6.92 Å². The standard InChI is InChI=1S/C31H34N4O3S/c1-17-10-12-22(18(2)16-17)35-29(36)24-20(4)34-31-26(25(24)23-13-11-19(3)38-23)27(32)28(39-31)30(37)33-15-14-21-8-6-5-7-9-21/h8,10-13,16H,5-7,9,14-15,32H2,1-4H3,(H,33,37)(H,35,36). The zero-order chi connectivity index (χ0) is 27.7. The van der Waals surface area contributed by atoms with Crippen LogP contribution in [0.1, 0.15) is 74.7 Å². The highest BCUT2D eigenvalue weighted by Crippen LogP contribution is 2.43. The lowest BCUT2D eigenvalue weighted by molar-refractivity contribution is 0.0958. The third-order valence-corrected chi connectivity index (χ3v) is 8.32. The fraction of sp³-hybridized carbons (Fsp3) is 0.323. The van der Waals surface area contributed by atoms with Crippen molar-refractivity contribution in [2.75, 3.05) is 17.6 Å². The van der Waals surface area contributed by atoms with Crippen molar-refractivity contribution in [1.29, 1.82) is 0 Å². The number of allylic oxidation sites excluding steroid dienone is 1. The van der Waals surface area contributed by atoms with E-state index in [-0.39, 0.29) is 11.8 Å². The molecule has 5 rings (SSSR count). The number of benzene rings is 1. The molecule has 39 heavy (non-hydrogen) atoms. The number of thiophene rings is 1. The number of amides is 2. The summed E-state index contributed by atoms with van der Waals surface area (Å²) < 4.78 is 6.00. The van der Waals surface area contributed by atoms with Gasteiger partial charge in [-0.2, -0.15) is 0 Å². The monoisotopic (exact) mass is 542 g/mol. The van der Waals surface area contributed by atoms with Gasteiger partial charge < -0.3 is 20.8 Å². The number of nitrogens with two attached hydrogens (primary N) is 1. The molecule has 0 unspecified atom stereocenters. The summed E-state index contributed by atoms with van der Waals surface area (Å²) in [6.07, 6.45) is 7.80. The Hall–Kier alpha value is -3.91. The van der Waals surface area contributed by atoms with Crippen LogP contribution in [-0.4, -0.2) is 23.3 Å². The first kappa shape index (κ1) is 26.7. The van der Waals surface area contributed by atoms with Gasteiger partial charge in [0.25, 0.3) is 11.8 Å². The highest BCUT2D eigenvalue weighted by molar-refractivity contribution is 7.21. The molecule has 0 saturated carbocycles. The first-order chi connectivity index (χ1) is 18.7. The fourth-order valence-electron chi connectivity index (χ4n) is 5.21. The van der Waals surface area contributed by atoms with Crippen molar-refractivity contribution < 1.29 is 14.0 Å². The number of furan rings is 1. The highest BCUT2D eigenvalue weighted by Gasteiger charge is 2.28. The lowest BCUT2D eigenvalue weighted by Crippen LogP contribution is -2.24. The summed E-state index contributed by atoms with van der Waals surface area (Å²) in [5.74, 6) is 0.675. The molecule has 1 aliphatic carbocycles. The summed E-state index contributed by atoms with van der Waals surface area (Å²) in [4.78, 5) is 32.7. The first-order valence-electron chi connectivity index (χ1n) is 13.4. The number of carbonyl (C=O) groups is 2. The van der Waals surface area contributed by atoms with Crippen molar-refractivity contribution in [3.63, 3.8) is 0 Å². The van der Waals surface area contributed by atoms with Gasteiger partial charge >= 0.3 is 0 Å². The molecule has 0 spiro atoms. The second kappa shape index (κ2) is 11.1. The number of aryl methyl sites for hydroxylation is 4. The molecule has 0 bridgehead atoms. The SMILES string of the molecule is Cc1ccc(NC(=O)c2c(C)nc3sc(C(=O)NCCC4=CCCCC4)c(N)c3c2-c2ccc(C)o2)c(C)c1. The Morgan fingerprint density at radius 1 is 1.08 bits per heavy atom. The van der Waals surface area contributed by atoms with Gasteiger partial charge in [-0.05, 0) is 83.6 Å². The van der Waals surface area contributed by atoms with E-state index in [1.807, 2.05) is 51.1 Å². The van der Waals surface area contributed by atoms with Gasteiger partial charge in [-0.3, -0.25) is 9.59 Å². The molecule has 3 aromatic heterocycles. The van der Waals surface area contributed by atoms with E-state index in [2.05, 4.69) is 16.7 Å². The molecule has 4 aromatic rings. The summed E-state index contributed by atoms with van der Waals surface area (Å²) in [6.45, 7) is 8.17. The average molecular weight is 543 g/mol. The molecule has 0 saturated heterocycles. The number of nitrogen functional groups attached to an aromatic ring is 1. The lowest BCUT2D eigenvalue weighted by Gasteiger charge is -2.14. The summed E-state index contributed by atoms with van der Waals surface area (Å²) in [5, 5.41) is 6.63. The van der Waals surface area contributed by atoms with Crippen molar-refractivity contribution in [3.05, 3.63) is 75.0 Å². The van der Waals surface area contributed by atoms with Crippen molar-refractivity contribution >= 4 is 44.7 Å². The van der Waals surface area contributed by atoms with E-state index in [9.17, 15) is 9.59 Å². The number of nitrogens with zero attached hydrogens (tertiary/aromatic N) is 1. The van der Waals surface area contributed by atoms with Crippen molar-refractivity contribution in [2.45, 2.75) is 59.8 Å². The summed E-state index contributed by atoms with van der Waals surface area (Å²) in [6, 6.07) is 9.55. The minimum Gasteiger partial charge on any atom is -0.461 e. The number of aromatic nitrogens is 1. The van der Waals surface area contributed by atoms with Crippen LogP contribution in [0.25, 0.3) is 21.5 Å². The normalized spacial score (nSPS) is 13.4. The van der Waals surface area contributed by atoms with Gasteiger partial charge in [0.1, 0.15) is 21.2 Å². The van der Waals surface area contributed by atoms with Crippen LogP contribution in [0.5, 0.6) is 0 Å². The van der Waals surface area contributed by atoms with Crippen molar-refractivity contribution in [3.8, 4) is 11.3 Å². The zero-order valence-electron chi connectivity index (χ0n) is 22.9. The van der Waals surface area contributed by atoms with Crippen molar-refractivity contribution in [2.24, 2.45) is 0 Å². The summed E-state index contributed by atoms with van der Waals surface area (Å²) in [7, 11) is 0. The Labute approximate surface area is 232 Å². The zero-order valence-corrected chi connectivity index (χ0v) is 23.7. The second-order valence-electron chi connectivity index (χ2n) is 10.3. The molecule has 3 heterocycles. The minimum atomic E-state index is -0.310. The number of anilines is 2. The fourth-order valence-corrected chi connectivity index (χ4v) is 6.28.